The first kappa shape index (κ1) is 12.6. The van der Waals surface area contributed by atoms with E-state index in [1.807, 2.05) is 0 Å². The molecule has 0 amide bonds. The SMILES string of the molecule is NC(OCC1CC1)(C(F)(F)F)C(F)(F)F. The van der Waals surface area contributed by atoms with Gasteiger partial charge in [-0.15, -0.1) is 0 Å². The molecule has 0 aromatic carbocycles. The Hall–Kier alpha value is -0.500. The van der Waals surface area contributed by atoms with Crippen LogP contribution in [0.25, 0.3) is 0 Å². The van der Waals surface area contributed by atoms with Gasteiger partial charge in [0, 0.05) is 0 Å². The molecule has 15 heavy (non-hydrogen) atoms. The Kier molecular flexibility index (Phi) is 2.94. The van der Waals surface area contributed by atoms with Gasteiger partial charge in [0.05, 0.1) is 6.61 Å². The first-order valence-electron chi connectivity index (χ1n) is 4.14. The molecule has 0 radical (unpaired) electrons. The van der Waals surface area contributed by atoms with E-state index in [1.54, 1.807) is 0 Å². The average Bonchev–Trinajstić information content (AvgIpc) is 2.78. The summed E-state index contributed by atoms with van der Waals surface area (Å²) >= 11 is 0. The summed E-state index contributed by atoms with van der Waals surface area (Å²) in [5, 5.41) is 0. The summed E-state index contributed by atoms with van der Waals surface area (Å²) in [7, 11) is 0. The molecule has 0 aromatic heterocycles. The summed E-state index contributed by atoms with van der Waals surface area (Å²) in [4.78, 5) is 0. The van der Waals surface area contributed by atoms with Crippen LogP contribution in [-0.4, -0.2) is 24.7 Å². The van der Waals surface area contributed by atoms with Gasteiger partial charge in [-0.05, 0) is 18.8 Å². The smallest absolute Gasteiger partial charge is 0.345 e. The predicted molar refractivity (Wildman–Crippen MR) is 37.7 cm³/mol. The van der Waals surface area contributed by atoms with Gasteiger partial charge >= 0.3 is 18.1 Å². The van der Waals surface area contributed by atoms with Crippen LogP contribution in [0.3, 0.4) is 0 Å². The Labute approximate surface area is 81.4 Å². The number of alkyl halides is 6. The van der Waals surface area contributed by atoms with Gasteiger partial charge in [0.1, 0.15) is 0 Å². The minimum atomic E-state index is -5.67. The second kappa shape index (κ2) is 3.51. The van der Waals surface area contributed by atoms with Crippen molar-refractivity contribution in [2.24, 2.45) is 11.7 Å². The van der Waals surface area contributed by atoms with E-state index in [4.69, 9.17) is 0 Å². The highest BCUT2D eigenvalue weighted by Crippen LogP contribution is 2.43. The summed E-state index contributed by atoms with van der Waals surface area (Å²) in [6.07, 6.45) is -10.2. The molecular weight excluding hydrogens is 228 g/mol. The third-order valence-electron chi connectivity index (χ3n) is 2.09. The highest BCUT2D eigenvalue weighted by Gasteiger charge is 2.70. The molecule has 8 heteroatoms. The van der Waals surface area contributed by atoms with Gasteiger partial charge in [0.25, 0.3) is 0 Å². The van der Waals surface area contributed by atoms with Crippen molar-refractivity contribution in [1.29, 1.82) is 0 Å². The van der Waals surface area contributed by atoms with Gasteiger partial charge in [-0.2, -0.15) is 26.3 Å². The van der Waals surface area contributed by atoms with Crippen molar-refractivity contribution >= 4 is 0 Å². The van der Waals surface area contributed by atoms with Gasteiger partial charge in [0.2, 0.25) is 0 Å². The van der Waals surface area contributed by atoms with Gasteiger partial charge in [-0.3, -0.25) is 5.73 Å². The Balaban J connectivity index is 2.75. The van der Waals surface area contributed by atoms with E-state index in [1.165, 1.54) is 0 Å². The molecule has 1 fully saturated rings. The standard InChI is InChI=1S/C7H9F6NO/c8-6(9,10)5(14,7(11,12)13)15-3-4-1-2-4/h4H,1-3,14H2. The predicted octanol–water partition coefficient (Wildman–Crippen LogP) is 2.19. The first-order chi connectivity index (χ1) is 6.58. The van der Waals surface area contributed by atoms with E-state index < -0.39 is 24.7 Å². The molecular formula is C7H9F6NO. The van der Waals surface area contributed by atoms with Crippen LogP contribution in [-0.2, 0) is 4.74 Å². The Bertz CT molecular complexity index is 217. The molecule has 1 aliphatic rings. The van der Waals surface area contributed by atoms with Crippen molar-refractivity contribution in [1.82, 2.24) is 0 Å². The third kappa shape index (κ3) is 2.54. The molecule has 1 rings (SSSR count). The first-order valence-corrected chi connectivity index (χ1v) is 4.14. The van der Waals surface area contributed by atoms with Crippen molar-refractivity contribution in [3.63, 3.8) is 0 Å². The normalized spacial score (nSPS) is 19.4. The van der Waals surface area contributed by atoms with Crippen LogP contribution < -0.4 is 5.73 Å². The van der Waals surface area contributed by atoms with Gasteiger partial charge in [0.15, 0.2) is 0 Å². The van der Waals surface area contributed by atoms with Crippen LogP contribution >= 0.6 is 0 Å². The second-order valence-corrected chi connectivity index (χ2v) is 3.49. The molecule has 0 aliphatic heterocycles. The summed E-state index contributed by atoms with van der Waals surface area (Å²) in [6, 6.07) is 0. The fraction of sp³-hybridized carbons (Fsp3) is 1.00. The number of hydrogen-bond acceptors (Lipinski definition) is 2. The fourth-order valence-electron chi connectivity index (χ4n) is 0.858. The summed E-state index contributed by atoms with van der Waals surface area (Å²) in [5.74, 6) is -0.238. The monoisotopic (exact) mass is 237 g/mol. The largest absolute Gasteiger partial charge is 0.440 e. The Morgan fingerprint density at radius 1 is 1.00 bits per heavy atom. The van der Waals surface area contributed by atoms with Crippen molar-refractivity contribution in [2.75, 3.05) is 6.61 Å². The molecule has 2 nitrogen and oxygen atoms in total. The van der Waals surface area contributed by atoms with E-state index in [0.29, 0.717) is 12.8 Å². The number of nitrogens with two attached hydrogens (primary N) is 1. The molecule has 1 aliphatic carbocycles. The third-order valence-corrected chi connectivity index (χ3v) is 2.09. The molecule has 0 bridgehead atoms. The van der Waals surface area contributed by atoms with Crippen LogP contribution in [0.1, 0.15) is 12.8 Å². The number of rotatable bonds is 3. The number of ether oxygens (including phenoxy) is 1. The highest BCUT2D eigenvalue weighted by molar-refractivity contribution is 4.91. The lowest BCUT2D eigenvalue weighted by Crippen LogP contribution is -2.65. The molecule has 0 aromatic rings. The molecule has 0 saturated heterocycles. The average molecular weight is 237 g/mol. The van der Waals surface area contributed by atoms with Crippen LogP contribution in [0.2, 0.25) is 0 Å². The maximum atomic E-state index is 12.1. The van der Waals surface area contributed by atoms with E-state index in [2.05, 4.69) is 10.5 Å². The highest BCUT2D eigenvalue weighted by atomic mass is 19.4. The van der Waals surface area contributed by atoms with Gasteiger partial charge in [-0.25, -0.2) is 0 Å². The van der Waals surface area contributed by atoms with E-state index in [-0.39, 0.29) is 5.92 Å². The molecule has 90 valence electrons. The Morgan fingerprint density at radius 3 is 1.67 bits per heavy atom. The minimum absolute atomic E-state index is 0.238. The lowest BCUT2D eigenvalue weighted by Gasteiger charge is -2.33. The fourth-order valence-corrected chi connectivity index (χ4v) is 0.858. The molecule has 0 heterocycles. The molecule has 1 saturated carbocycles. The summed E-state index contributed by atoms with van der Waals surface area (Å²) in [5.41, 5.74) is -0.297. The zero-order valence-electron chi connectivity index (χ0n) is 7.45. The Morgan fingerprint density at radius 2 is 1.40 bits per heavy atom. The number of halogens is 6. The van der Waals surface area contributed by atoms with Crippen LogP contribution in [0.5, 0.6) is 0 Å². The summed E-state index contributed by atoms with van der Waals surface area (Å²) in [6.45, 7) is -0.616. The van der Waals surface area contributed by atoms with Gasteiger partial charge in [-0.1, -0.05) is 0 Å². The lowest BCUT2D eigenvalue weighted by molar-refractivity contribution is -0.380. The maximum Gasteiger partial charge on any atom is 0.440 e. The molecule has 2 N–H and O–H groups in total. The van der Waals surface area contributed by atoms with Crippen LogP contribution in [0.15, 0.2) is 0 Å². The van der Waals surface area contributed by atoms with Gasteiger partial charge < -0.3 is 4.74 Å². The van der Waals surface area contributed by atoms with Crippen LogP contribution in [0, 0.1) is 5.92 Å². The van der Waals surface area contributed by atoms with Crippen molar-refractivity contribution in [3.8, 4) is 0 Å². The van der Waals surface area contributed by atoms with Crippen molar-refractivity contribution < 1.29 is 31.1 Å². The van der Waals surface area contributed by atoms with E-state index in [0.717, 1.165) is 0 Å². The van der Waals surface area contributed by atoms with Crippen molar-refractivity contribution in [3.05, 3.63) is 0 Å². The van der Waals surface area contributed by atoms with Crippen LogP contribution in [0.4, 0.5) is 26.3 Å². The van der Waals surface area contributed by atoms with Crippen molar-refractivity contribution in [2.45, 2.75) is 30.9 Å². The quantitative estimate of drug-likeness (QED) is 0.603. The lowest BCUT2D eigenvalue weighted by atomic mass is 10.2. The molecule has 0 unspecified atom stereocenters. The number of hydrogen-bond donors (Lipinski definition) is 1. The van der Waals surface area contributed by atoms with E-state index >= 15 is 0 Å². The molecule has 0 spiro atoms. The topological polar surface area (TPSA) is 35.2 Å². The minimum Gasteiger partial charge on any atom is -0.345 e. The summed E-state index contributed by atoms with van der Waals surface area (Å²) < 4.78 is 76.4. The zero-order chi connectivity index (χ0) is 11.9. The molecule has 0 atom stereocenters. The van der Waals surface area contributed by atoms with E-state index in [9.17, 15) is 26.3 Å². The zero-order valence-corrected chi connectivity index (χ0v) is 7.45. The maximum absolute atomic E-state index is 12.1. The second-order valence-electron chi connectivity index (χ2n) is 3.49.